The Hall–Kier alpha value is -1.95. The van der Waals surface area contributed by atoms with Crippen LogP contribution in [0.3, 0.4) is 0 Å². The standard InChI is InChI=1S/C23H34FN3O2/c1-25(22(28)12-17-27-13-5-4-8-23(27)29)18-19-9-14-26(15-10-19)16-11-20-6-2-3-7-21(20)24/h2-3,6-7,19H,4-5,8-18H2,1H3. The van der Waals surface area contributed by atoms with E-state index in [4.69, 9.17) is 0 Å². The van der Waals surface area contributed by atoms with E-state index in [1.807, 2.05) is 29.0 Å². The highest BCUT2D eigenvalue weighted by Crippen LogP contribution is 2.19. The lowest BCUT2D eigenvalue weighted by Crippen LogP contribution is -2.41. The van der Waals surface area contributed by atoms with Gasteiger partial charge in [-0.05, 0) is 62.7 Å². The van der Waals surface area contributed by atoms with Crippen molar-refractivity contribution in [3.8, 4) is 0 Å². The van der Waals surface area contributed by atoms with Crippen LogP contribution in [0.1, 0.15) is 44.1 Å². The maximum atomic E-state index is 13.8. The van der Waals surface area contributed by atoms with Gasteiger partial charge in [0, 0.05) is 46.1 Å². The van der Waals surface area contributed by atoms with Crippen LogP contribution in [0.5, 0.6) is 0 Å². The molecule has 2 fully saturated rings. The van der Waals surface area contributed by atoms with Crippen LogP contribution in [0.4, 0.5) is 4.39 Å². The van der Waals surface area contributed by atoms with Crippen molar-refractivity contribution in [3.63, 3.8) is 0 Å². The molecule has 0 bridgehead atoms. The molecule has 0 aromatic heterocycles. The Balaban J connectivity index is 1.33. The second kappa shape index (κ2) is 10.7. The van der Waals surface area contributed by atoms with E-state index in [1.54, 1.807) is 6.07 Å². The van der Waals surface area contributed by atoms with Gasteiger partial charge in [0.15, 0.2) is 0 Å². The van der Waals surface area contributed by atoms with E-state index in [2.05, 4.69) is 4.90 Å². The van der Waals surface area contributed by atoms with Crippen LogP contribution in [0, 0.1) is 11.7 Å². The molecule has 0 radical (unpaired) electrons. The molecule has 2 amide bonds. The van der Waals surface area contributed by atoms with E-state index < -0.39 is 0 Å². The number of amides is 2. The molecule has 0 saturated carbocycles. The van der Waals surface area contributed by atoms with Crippen LogP contribution in [-0.2, 0) is 16.0 Å². The van der Waals surface area contributed by atoms with Crippen LogP contribution in [-0.4, -0.2) is 72.8 Å². The predicted molar refractivity (Wildman–Crippen MR) is 112 cm³/mol. The minimum absolute atomic E-state index is 0.117. The number of benzene rings is 1. The van der Waals surface area contributed by atoms with E-state index in [0.29, 0.717) is 25.3 Å². The number of nitrogens with zero attached hydrogens (tertiary/aromatic N) is 3. The summed E-state index contributed by atoms with van der Waals surface area (Å²) in [5.74, 6) is 0.721. The van der Waals surface area contributed by atoms with Gasteiger partial charge in [0.2, 0.25) is 11.8 Å². The summed E-state index contributed by atoms with van der Waals surface area (Å²) in [4.78, 5) is 30.4. The molecule has 2 saturated heterocycles. The molecule has 0 N–H and O–H groups in total. The molecule has 160 valence electrons. The summed E-state index contributed by atoms with van der Waals surface area (Å²) >= 11 is 0. The normalized spacial score (nSPS) is 18.8. The number of piperidine rings is 2. The van der Waals surface area contributed by atoms with Gasteiger partial charge in [0.25, 0.3) is 0 Å². The van der Waals surface area contributed by atoms with Crippen molar-refractivity contribution in [2.24, 2.45) is 5.92 Å². The number of hydrogen-bond donors (Lipinski definition) is 0. The molecular formula is C23H34FN3O2. The second-order valence-electron chi connectivity index (χ2n) is 8.49. The average Bonchev–Trinajstić information content (AvgIpc) is 2.73. The highest BCUT2D eigenvalue weighted by molar-refractivity contribution is 5.79. The average molecular weight is 404 g/mol. The minimum atomic E-state index is -0.117. The Morgan fingerprint density at radius 2 is 1.90 bits per heavy atom. The second-order valence-corrected chi connectivity index (χ2v) is 8.49. The molecule has 0 aliphatic carbocycles. The van der Waals surface area contributed by atoms with E-state index in [0.717, 1.165) is 70.4 Å². The van der Waals surface area contributed by atoms with Crippen LogP contribution in [0.25, 0.3) is 0 Å². The van der Waals surface area contributed by atoms with E-state index >= 15 is 0 Å². The monoisotopic (exact) mass is 403 g/mol. The highest BCUT2D eigenvalue weighted by atomic mass is 19.1. The van der Waals surface area contributed by atoms with Crippen LogP contribution in [0.15, 0.2) is 24.3 Å². The molecule has 0 atom stereocenters. The first-order valence-electron chi connectivity index (χ1n) is 11.0. The Morgan fingerprint density at radius 3 is 2.62 bits per heavy atom. The third-order valence-electron chi connectivity index (χ3n) is 6.34. The Bertz CT molecular complexity index is 688. The molecule has 2 heterocycles. The van der Waals surface area contributed by atoms with Gasteiger partial charge in [0.05, 0.1) is 0 Å². The molecule has 2 aliphatic rings. The van der Waals surface area contributed by atoms with Gasteiger partial charge in [0.1, 0.15) is 5.82 Å². The fraction of sp³-hybridized carbons (Fsp3) is 0.652. The maximum absolute atomic E-state index is 13.8. The molecule has 0 spiro atoms. The smallest absolute Gasteiger partial charge is 0.224 e. The first-order chi connectivity index (χ1) is 14.0. The predicted octanol–water partition coefficient (Wildman–Crippen LogP) is 2.94. The molecule has 1 aromatic carbocycles. The van der Waals surface area contributed by atoms with Gasteiger partial charge >= 0.3 is 0 Å². The largest absolute Gasteiger partial charge is 0.345 e. The van der Waals surface area contributed by atoms with Gasteiger partial charge in [-0.15, -0.1) is 0 Å². The molecule has 29 heavy (non-hydrogen) atoms. The summed E-state index contributed by atoms with van der Waals surface area (Å²) in [7, 11) is 1.88. The first-order valence-corrected chi connectivity index (χ1v) is 11.0. The van der Waals surface area contributed by atoms with Crippen molar-refractivity contribution in [1.82, 2.24) is 14.7 Å². The summed E-state index contributed by atoms with van der Waals surface area (Å²) in [6, 6.07) is 7.00. The van der Waals surface area contributed by atoms with Gasteiger partial charge < -0.3 is 14.7 Å². The Morgan fingerprint density at radius 1 is 1.14 bits per heavy atom. The zero-order chi connectivity index (χ0) is 20.6. The first kappa shape index (κ1) is 21.8. The lowest BCUT2D eigenvalue weighted by Gasteiger charge is -2.34. The molecular weight excluding hydrogens is 369 g/mol. The minimum Gasteiger partial charge on any atom is -0.345 e. The maximum Gasteiger partial charge on any atom is 0.224 e. The topological polar surface area (TPSA) is 43.9 Å². The summed E-state index contributed by atoms with van der Waals surface area (Å²) in [6.07, 6.45) is 5.95. The van der Waals surface area contributed by atoms with Crippen LogP contribution < -0.4 is 0 Å². The molecule has 0 unspecified atom stereocenters. The fourth-order valence-corrected chi connectivity index (χ4v) is 4.38. The number of rotatable bonds is 8. The summed E-state index contributed by atoms with van der Waals surface area (Å²) in [5, 5.41) is 0. The van der Waals surface area contributed by atoms with Crippen molar-refractivity contribution < 1.29 is 14.0 Å². The molecule has 2 aliphatic heterocycles. The van der Waals surface area contributed by atoms with Gasteiger partial charge in [-0.1, -0.05) is 18.2 Å². The quantitative estimate of drug-likeness (QED) is 0.670. The van der Waals surface area contributed by atoms with Gasteiger partial charge in [-0.25, -0.2) is 4.39 Å². The number of carbonyl (C=O) groups is 2. The molecule has 3 rings (SSSR count). The third-order valence-corrected chi connectivity index (χ3v) is 6.34. The van der Waals surface area contributed by atoms with Crippen LogP contribution in [0.2, 0.25) is 0 Å². The van der Waals surface area contributed by atoms with E-state index in [1.165, 1.54) is 6.07 Å². The fourth-order valence-electron chi connectivity index (χ4n) is 4.38. The van der Waals surface area contributed by atoms with Crippen LogP contribution >= 0.6 is 0 Å². The number of halogens is 1. The lowest BCUT2D eigenvalue weighted by molar-refractivity contribution is -0.135. The van der Waals surface area contributed by atoms with Crippen molar-refractivity contribution in [2.75, 3.05) is 46.3 Å². The molecule has 1 aromatic rings. The molecule has 5 nitrogen and oxygen atoms in total. The third kappa shape index (κ3) is 6.53. The van der Waals surface area contributed by atoms with Crippen molar-refractivity contribution in [2.45, 2.75) is 44.9 Å². The Kier molecular flexibility index (Phi) is 8.04. The van der Waals surface area contributed by atoms with Crippen molar-refractivity contribution in [1.29, 1.82) is 0 Å². The van der Waals surface area contributed by atoms with Gasteiger partial charge in [-0.3, -0.25) is 9.59 Å². The number of likely N-dealkylation sites (tertiary alicyclic amines) is 2. The summed E-state index contributed by atoms with van der Waals surface area (Å²) in [5.41, 5.74) is 0.784. The Labute approximate surface area is 173 Å². The zero-order valence-corrected chi connectivity index (χ0v) is 17.6. The number of carbonyl (C=O) groups excluding carboxylic acids is 2. The van der Waals surface area contributed by atoms with E-state index in [-0.39, 0.29) is 17.6 Å². The summed E-state index contributed by atoms with van der Waals surface area (Å²) in [6.45, 7) is 5.02. The number of hydrogen-bond acceptors (Lipinski definition) is 3. The van der Waals surface area contributed by atoms with E-state index in [9.17, 15) is 14.0 Å². The SMILES string of the molecule is CN(CC1CCN(CCc2ccccc2F)CC1)C(=O)CCN1CCCCC1=O. The highest BCUT2D eigenvalue weighted by Gasteiger charge is 2.23. The molecule has 6 heteroatoms. The van der Waals surface area contributed by atoms with Crippen molar-refractivity contribution >= 4 is 11.8 Å². The van der Waals surface area contributed by atoms with Gasteiger partial charge in [-0.2, -0.15) is 0 Å². The summed E-state index contributed by atoms with van der Waals surface area (Å²) < 4.78 is 13.8. The lowest BCUT2D eigenvalue weighted by atomic mass is 9.96. The van der Waals surface area contributed by atoms with Crippen molar-refractivity contribution in [3.05, 3.63) is 35.6 Å². The zero-order valence-electron chi connectivity index (χ0n) is 17.6.